The highest BCUT2D eigenvalue weighted by Crippen LogP contribution is 2.39. The van der Waals surface area contributed by atoms with E-state index in [1.165, 1.54) is 0 Å². The summed E-state index contributed by atoms with van der Waals surface area (Å²) in [4.78, 5) is 11.6. The van der Waals surface area contributed by atoms with Crippen molar-refractivity contribution in [2.24, 2.45) is 0 Å². The van der Waals surface area contributed by atoms with E-state index in [1.54, 1.807) is 0 Å². The summed E-state index contributed by atoms with van der Waals surface area (Å²) >= 11 is 0. The van der Waals surface area contributed by atoms with Gasteiger partial charge in [-0.2, -0.15) is 0 Å². The summed E-state index contributed by atoms with van der Waals surface area (Å²) in [5.74, 6) is -0.714. The second-order valence-corrected chi connectivity index (χ2v) is 4.80. The van der Waals surface area contributed by atoms with Gasteiger partial charge in [-0.3, -0.25) is 4.79 Å². The van der Waals surface area contributed by atoms with E-state index in [4.69, 9.17) is 5.11 Å². The molecule has 1 aromatic carbocycles. The highest BCUT2D eigenvalue weighted by molar-refractivity contribution is 5.81. The van der Waals surface area contributed by atoms with E-state index in [9.17, 15) is 9.90 Å². The highest BCUT2D eigenvalue weighted by atomic mass is 16.4. The molecule has 0 bridgehead atoms. The van der Waals surface area contributed by atoms with Gasteiger partial charge in [0.2, 0.25) is 0 Å². The molecule has 0 aliphatic heterocycles. The van der Waals surface area contributed by atoms with Crippen LogP contribution in [0.5, 0.6) is 0 Å². The fourth-order valence-corrected chi connectivity index (χ4v) is 2.71. The first-order valence-corrected chi connectivity index (χ1v) is 6.13. The van der Waals surface area contributed by atoms with Crippen LogP contribution in [-0.4, -0.2) is 16.2 Å². The zero-order valence-electron chi connectivity index (χ0n) is 9.85. The summed E-state index contributed by atoms with van der Waals surface area (Å²) in [6.45, 7) is 0.000349. The molecule has 0 atom stereocenters. The fourth-order valence-electron chi connectivity index (χ4n) is 2.71. The predicted molar refractivity (Wildman–Crippen MR) is 64.8 cm³/mol. The van der Waals surface area contributed by atoms with Gasteiger partial charge in [-0.15, -0.1) is 0 Å². The maximum Gasteiger partial charge on any atom is 0.314 e. The summed E-state index contributed by atoms with van der Waals surface area (Å²) in [6.07, 6.45) is 4.54. The van der Waals surface area contributed by atoms with E-state index in [0.717, 1.165) is 43.2 Å². The van der Waals surface area contributed by atoms with E-state index in [2.05, 4.69) is 0 Å². The van der Waals surface area contributed by atoms with E-state index in [1.807, 2.05) is 24.3 Å². The lowest BCUT2D eigenvalue weighted by atomic mass is 9.69. The number of hydrogen-bond donors (Lipinski definition) is 2. The standard InChI is InChI=1S/C14H18O3/c15-10-11-4-6-12(7-5-11)14(13(16)17)8-2-1-3-9-14/h4-7,15H,1-3,8-10H2,(H,16,17). The molecule has 17 heavy (non-hydrogen) atoms. The van der Waals surface area contributed by atoms with Crippen molar-refractivity contribution < 1.29 is 15.0 Å². The summed E-state index contributed by atoms with van der Waals surface area (Å²) in [7, 11) is 0. The molecular formula is C14H18O3. The van der Waals surface area contributed by atoms with Crippen LogP contribution in [0.2, 0.25) is 0 Å². The maximum absolute atomic E-state index is 11.6. The molecule has 1 fully saturated rings. The Morgan fingerprint density at radius 3 is 2.18 bits per heavy atom. The van der Waals surface area contributed by atoms with Crippen molar-refractivity contribution in [3.8, 4) is 0 Å². The molecule has 0 radical (unpaired) electrons. The number of aliphatic carboxylic acids is 1. The van der Waals surface area contributed by atoms with Gasteiger partial charge >= 0.3 is 5.97 Å². The third-order valence-electron chi connectivity index (χ3n) is 3.81. The monoisotopic (exact) mass is 234 g/mol. The molecule has 3 nitrogen and oxygen atoms in total. The molecule has 1 aliphatic carbocycles. The molecule has 1 aromatic rings. The smallest absolute Gasteiger partial charge is 0.314 e. The van der Waals surface area contributed by atoms with Crippen LogP contribution in [0.25, 0.3) is 0 Å². The first-order valence-electron chi connectivity index (χ1n) is 6.13. The third-order valence-corrected chi connectivity index (χ3v) is 3.81. The van der Waals surface area contributed by atoms with Crippen molar-refractivity contribution >= 4 is 5.97 Å². The first kappa shape index (κ1) is 12.1. The number of rotatable bonds is 3. The SMILES string of the molecule is O=C(O)C1(c2ccc(CO)cc2)CCCCC1. The second-order valence-electron chi connectivity index (χ2n) is 4.80. The van der Waals surface area contributed by atoms with Crippen molar-refractivity contribution in [1.29, 1.82) is 0 Å². The predicted octanol–water partition coefficient (Wildman–Crippen LogP) is 2.47. The normalized spacial score (nSPS) is 18.9. The van der Waals surface area contributed by atoms with Gasteiger partial charge in [0, 0.05) is 0 Å². The second kappa shape index (κ2) is 4.88. The lowest BCUT2D eigenvalue weighted by Crippen LogP contribution is -2.37. The number of aliphatic hydroxyl groups excluding tert-OH is 1. The zero-order chi connectivity index (χ0) is 12.3. The zero-order valence-corrected chi connectivity index (χ0v) is 9.85. The Hall–Kier alpha value is -1.35. The molecule has 0 spiro atoms. The minimum absolute atomic E-state index is 0.000349. The Balaban J connectivity index is 2.34. The van der Waals surface area contributed by atoms with Crippen LogP contribution in [0.4, 0.5) is 0 Å². The minimum atomic E-state index is -0.714. The quantitative estimate of drug-likeness (QED) is 0.844. The van der Waals surface area contributed by atoms with Crippen molar-refractivity contribution in [2.45, 2.75) is 44.1 Å². The molecule has 0 unspecified atom stereocenters. The molecule has 0 heterocycles. The fraction of sp³-hybridized carbons (Fsp3) is 0.500. The van der Waals surface area contributed by atoms with Gasteiger partial charge in [0.25, 0.3) is 0 Å². The van der Waals surface area contributed by atoms with Gasteiger partial charge in [-0.05, 0) is 24.0 Å². The lowest BCUT2D eigenvalue weighted by molar-refractivity contribution is -0.145. The molecule has 1 aliphatic rings. The molecule has 0 aromatic heterocycles. The molecule has 0 saturated heterocycles. The molecule has 1 saturated carbocycles. The van der Waals surface area contributed by atoms with Crippen molar-refractivity contribution in [3.05, 3.63) is 35.4 Å². The molecule has 3 heteroatoms. The van der Waals surface area contributed by atoms with Crippen molar-refractivity contribution in [1.82, 2.24) is 0 Å². The number of carboxylic acid groups (broad SMARTS) is 1. The highest BCUT2D eigenvalue weighted by Gasteiger charge is 2.41. The van der Waals surface area contributed by atoms with Crippen LogP contribution in [0.3, 0.4) is 0 Å². The summed E-state index contributed by atoms with van der Waals surface area (Å²) in [5, 5.41) is 18.5. The summed E-state index contributed by atoms with van der Waals surface area (Å²) in [5.41, 5.74) is 0.999. The van der Waals surface area contributed by atoms with Gasteiger partial charge in [-0.25, -0.2) is 0 Å². The van der Waals surface area contributed by atoms with Gasteiger partial charge < -0.3 is 10.2 Å². The van der Waals surface area contributed by atoms with Crippen LogP contribution in [0.15, 0.2) is 24.3 Å². The average molecular weight is 234 g/mol. The molecule has 2 rings (SSSR count). The largest absolute Gasteiger partial charge is 0.481 e. The van der Waals surface area contributed by atoms with Gasteiger partial charge in [0.15, 0.2) is 0 Å². The number of benzene rings is 1. The van der Waals surface area contributed by atoms with Gasteiger partial charge in [0.05, 0.1) is 12.0 Å². The minimum Gasteiger partial charge on any atom is -0.481 e. The first-order chi connectivity index (χ1) is 8.19. The van der Waals surface area contributed by atoms with Crippen LogP contribution in [0.1, 0.15) is 43.2 Å². The van der Waals surface area contributed by atoms with E-state index < -0.39 is 11.4 Å². The van der Waals surface area contributed by atoms with Gasteiger partial charge in [-0.1, -0.05) is 43.5 Å². The van der Waals surface area contributed by atoms with Gasteiger partial charge in [0.1, 0.15) is 0 Å². The molecular weight excluding hydrogens is 216 g/mol. The number of hydrogen-bond acceptors (Lipinski definition) is 2. The third kappa shape index (κ3) is 2.20. The van der Waals surface area contributed by atoms with Crippen LogP contribution >= 0.6 is 0 Å². The number of carboxylic acids is 1. The Kier molecular flexibility index (Phi) is 3.48. The van der Waals surface area contributed by atoms with Crippen LogP contribution < -0.4 is 0 Å². The molecule has 0 amide bonds. The number of carbonyl (C=O) groups is 1. The maximum atomic E-state index is 11.6. The van der Waals surface area contributed by atoms with E-state index in [0.29, 0.717) is 0 Å². The Morgan fingerprint density at radius 1 is 1.12 bits per heavy atom. The topological polar surface area (TPSA) is 57.5 Å². The van der Waals surface area contributed by atoms with Crippen LogP contribution in [0, 0.1) is 0 Å². The van der Waals surface area contributed by atoms with Crippen LogP contribution in [-0.2, 0) is 16.8 Å². The molecule has 2 N–H and O–H groups in total. The van der Waals surface area contributed by atoms with Crippen molar-refractivity contribution in [3.63, 3.8) is 0 Å². The van der Waals surface area contributed by atoms with Crippen molar-refractivity contribution in [2.75, 3.05) is 0 Å². The Bertz CT molecular complexity index is 388. The summed E-state index contributed by atoms with van der Waals surface area (Å²) in [6, 6.07) is 7.33. The molecule has 92 valence electrons. The Morgan fingerprint density at radius 2 is 1.71 bits per heavy atom. The van der Waals surface area contributed by atoms with E-state index >= 15 is 0 Å². The average Bonchev–Trinajstić information content (AvgIpc) is 2.39. The number of aliphatic hydroxyl groups is 1. The lowest BCUT2D eigenvalue weighted by Gasteiger charge is -2.33. The summed E-state index contributed by atoms with van der Waals surface area (Å²) < 4.78 is 0. The van der Waals surface area contributed by atoms with E-state index in [-0.39, 0.29) is 6.61 Å². The Labute approximate surface area is 101 Å².